The lowest BCUT2D eigenvalue weighted by atomic mass is 9.81. The maximum Gasteiger partial charge on any atom is 0.502 e. The number of rotatable bonds is 7. The van der Waals surface area contributed by atoms with Crippen LogP contribution in [0.15, 0.2) is 6.20 Å². The van der Waals surface area contributed by atoms with E-state index >= 15 is 0 Å². The van der Waals surface area contributed by atoms with E-state index in [1.807, 2.05) is 34.7 Å². The molecule has 1 aromatic rings. The normalized spacial score (nSPS) is 20.5. The summed E-state index contributed by atoms with van der Waals surface area (Å²) in [5, 5.41) is 4.56. The summed E-state index contributed by atoms with van der Waals surface area (Å²) < 4.78 is 26.6. The second-order valence-corrected chi connectivity index (χ2v) is 15.2. The molecule has 6 nitrogen and oxygen atoms in total. The molecule has 1 unspecified atom stereocenters. The molecular weight excluding hydrogens is 371 g/mol. The lowest BCUT2D eigenvalue weighted by Crippen LogP contribution is -2.43. The largest absolute Gasteiger partial charge is 0.502 e. The molecule has 1 atom stereocenters. The van der Waals surface area contributed by atoms with Gasteiger partial charge < -0.3 is 18.5 Å². The van der Waals surface area contributed by atoms with Crippen molar-refractivity contribution in [2.24, 2.45) is 7.05 Å². The Hall–Kier alpha value is -0.828. The zero-order chi connectivity index (χ0) is 21.5. The third-order valence-electron chi connectivity index (χ3n) is 6.48. The van der Waals surface area contributed by atoms with Crippen LogP contribution in [0.25, 0.3) is 0 Å². The predicted octanol–water partition coefficient (Wildman–Crippen LogP) is 3.90. The Labute approximate surface area is 172 Å². The zero-order valence-corrected chi connectivity index (χ0v) is 20.7. The average Bonchev–Trinajstić information content (AvgIpc) is 2.95. The molecule has 28 heavy (non-hydrogen) atoms. The van der Waals surface area contributed by atoms with Crippen LogP contribution in [-0.2, 0) is 20.8 Å². The fourth-order valence-electron chi connectivity index (χ4n) is 2.81. The number of aromatic nitrogens is 2. The first kappa shape index (κ1) is 23.5. The first-order valence-electron chi connectivity index (χ1n) is 10.3. The van der Waals surface area contributed by atoms with Gasteiger partial charge in [0.05, 0.1) is 29.5 Å². The number of aryl methyl sites for hydroxylation is 1. The number of hydrogen-bond acceptors (Lipinski definition) is 5. The number of nitrogens with zero attached hydrogens (tertiary/aromatic N) is 2. The van der Waals surface area contributed by atoms with E-state index in [-0.39, 0.29) is 11.1 Å². The highest BCUT2D eigenvalue weighted by Crippen LogP contribution is 2.38. The fraction of sp³-hybridized carbons (Fsp3) is 0.850. The minimum atomic E-state index is -1.77. The van der Waals surface area contributed by atoms with Gasteiger partial charge in [-0.25, -0.2) is 4.68 Å². The zero-order valence-electron chi connectivity index (χ0n) is 19.7. The summed E-state index contributed by atoms with van der Waals surface area (Å²) in [5.74, 6) is 0.693. The van der Waals surface area contributed by atoms with Crippen molar-refractivity contribution in [2.45, 2.75) is 97.2 Å². The Morgan fingerprint density at radius 3 is 2.21 bits per heavy atom. The van der Waals surface area contributed by atoms with Gasteiger partial charge in [0.2, 0.25) is 5.88 Å². The first-order valence-corrected chi connectivity index (χ1v) is 13.2. The molecule has 0 aliphatic carbocycles. The third-order valence-corrected chi connectivity index (χ3v) is 11.1. The minimum absolute atomic E-state index is 0.148. The number of hydrogen-bond donors (Lipinski definition) is 0. The molecule has 1 saturated heterocycles. The van der Waals surface area contributed by atoms with Crippen LogP contribution in [0.2, 0.25) is 18.1 Å². The van der Waals surface area contributed by atoms with Crippen LogP contribution in [-0.4, -0.2) is 49.1 Å². The van der Waals surface area contributed by atoms with Gasteiger partial charge in [-0.2, -0.15) is 5.10 Å². The fourth-order valence-corrected chi connectivity index (χ4v) is 4.29. The SMILES string of the molecule is CC(CCOc1c(B2OC(C)(C)C(C)(C)O2)cnn1C)O[Si](C)(C)C(C)(C)C. The molecule has 1 aliphatic rings. The summed E-state index contributed by atoms with van der Waals surface area (Å²) in [6, 6.07) is 0. The maximum absolute atomic E-state index is 6.42. The van der Waals surface area contributed by atoms with E-state index in [0.717, 1.165) is 11.9 Å². The molecule has 0 amide bonds. The molecule has 160 valence electrons. The Morgan fingerprint density at radius 2 is 1.71 bits per heavy atom. The maximum atomic E-state index is 6.42. The van der Waals surface area contributed by atoms with Gasteiger partial charge in [-0.15, -0.1) is 0 Å². The molecule has 0 bridgehead atoms. The topological polar surface area (TPSA) is 54.7 Å². The standard InChI is InChI=1S/C20H39BN2O4Si/c1-15(25-28(10,11)18(2,3)4)12-13-24-17-16(14-22-23(17)9)21-26-19(5,6)20(7,8)27-21/h14-15H,12-13H2,1-11H3. The van der Waals surface area contributed by atoms with Crippen molar-refractivity contribution in [3.63, 3.8) is 0 Å². The van der Waals surface area contributed by atoms with Crippen LogP contribution in [0, 0.1) is 0 Å². The Morgan fingerprint density at radius 1 is 1.18 bits per heavy atom. The molecule has 0 radical (unpaired) electrons. The summed E-state index contributed by atoms with van der Waals surface area (Å²) >= 11 is 0. The summed E-state index contributed by atoms with van der Waals surface area (Å²) in [6.45, 7) is 22.2. The molecule has 2 rings (SSSR count). The first-order chi connectivity index (χ1) is 12.6. The van der Waals surface area contributed by atoms with E-state index in [2.05, 4.69) is 45.9 Å². The lowest BCUT2D eigenvalue weighted by Gasteiger charge is -2.38. The van der Waals surface area contributed by atoms with E-state index in [4.69, 9.17) is 18.5 Å². The van der Waals surface area contributed by atoms with Gasteiger partial charge in [0.15, 0.2) is 8.32 Å². The van der Waals surface area contributed by atoms with Gasteiger partial charge in [0, 0.05) is 19.6 Å². The van der Waals surface area contributed by atoms with Crippen molar-refractivity contribution in [2.75, 3.05) is 6.61 Å². The molecule has 1 aliphatic heterocycles. The summed E-state index contributed by atoms with van der Waals surface area (Å²) in [5.41, 5.74) is 0.0474. The third kappa shape index (κ3) is 4.83. The minimum Gasteiger partial charge on any atom is -0.478 e. The molecule has 1 fully saturated rings. The number of ether oxygens (including phenoxy) is 1. The van der Waals surface area contributed by atoms with E-state index in [0.29, 0.717) is 12.5 Å². The van der Waals surface area contributed by atoms with Gasteiger partial charge in [-0.3, -0.25) is 0 Å². The average molecular weight is 410 g/mol. The molecular formula is C20H39BN2O4Si. The van der Waals surface area contributed by atoms with Gasteiger partial charge >= 0.3 is 7.12 Å². The van der Waals surface area contributed by atoms with Crippen LogP contribution in [0.3, 0.4) is 0 Å². The van der Waals surface area contributed by atoms with Crippen molar-refractivity contribution in [3.05, 3.63) is 6.20 Å². The second kappa shape index (κ2) is 7.78. The highest BCUT2D eigenvalue weighted by molar-refractivity contribution is 6.74. The van der Waals surface area contributed by atoms with Crippen molar-refractivity contribution in [1.82, 2.24) is 9.78 Å². The predicted molar refractivity (Wildman–Crippen MR) is 117 cm³/mol. The van der Waals surface area contributed by atoms with Gasteiger partial charge in [0.1, 0.15) is 0 Å². The van der Waals surface area contributed by atoms with E-state index in [1.54, 1.807) is 10.9 Å². The molecule has 0 spiro atoms. The molecule has 0 saturated carbocycles. The van der Waals surface area contributed by atoms with Crippen molar-refractivity contribution >= 4 is 20.9 Å². The van der Waals surface area contributed by atoms with Crippen LogP contribution in [0.5, 0.6) is 5.88 Å². The molecule has 0 aromatic carbocycles. The lowest BCUT2D eigenvalue weighted by molar-refractivity contribution is 0.00578. The quantitative estimate of drug-likeness (QED) is 0.639. The van der Waals surface area contributed by atoms with Crippen LogP contribution in [0.4, 0.5) is 0 Å². The highest BCUT2D eigenvalue weighted by Gasteiger charge is 2.53. The Balaban J connectivity index is 1.99. The van der Waals surface area contributed by atoms with E-state index in [1.165, 1.54) is 0 Å². The van der Waals surface area contributed by atoms with Crippen LogP contribution in [0.1, 0.15) is 61.8 Å². The smallest absolute Gasteiger partial charge is 0.478 e. The van der Waals surface area contributed by atoms with Crippen molar-refractivity contribution in [3.8, 4) is 5.88 Å². The molecule has 1 aromatic heterocycles. The monoisotopic (exact) mass is 410 g/mol. The Bertz CT molecular complexity index is 666. The molecule has 2 heterocycles. The van der Waals surface area contributed by atoms with Crippen LogP contribution >= 0.6 is 0 Å². The Kier molecular flexibility index (Phi) is 6.51. The summed E-state index contributed by atoms with van der Waals surface area (Å²) in [4.78, 5) is 0. The summed E-state index contributed by atoms with van der Waals surface area (Å²) in [7, 11) is -0.375. The molecule has 8 heteroatoms. The van der Waals surface area contributed by atoms with Gasteiger partial charge in [-0.05, 0) is 52.8 Å². The van der Waals surface area contributed by atoms with Crippen molar-refractivity contribution in [1.29, 1.82) is 0 Å². The van der Waals surface area contributed by atoms with Crippen LogP contribution < -0.4 is 10.2 Å². The molecule has 0 N–H and O–H groups in total. The van der Waals surface area contributed by atoms with Gasteiger partial charge in [-0.1, -0.05) is 20.8 Å². The summed E-state index contributed by atoms with van der Waals surface area (Å²) in [6.07, 6.45) is 2.74. The highest BCUT2D eigenvalue weighted by atomic mass is 28.4. The van der Waals surface area contributed by atoms with E-state index < -0.39 is 26.6 Å². The second-order valence-electron chi connectivity index (χ2n) is 10.4. The van der Waals surface area contributed by atoms with Gasteiger partial charge in [0.25, 0.3) is 0 Å². The van der Waals surface area contributed by atoms with Crippen molar-refractivity contribution < 1.29 is 18.5 Å². The van der Waals surface area contributed by atoms with E-state index in [9.17, 15) is 0 Å².